The summed E-state index contributed by atoms with van der Waals surface area (Å²) < 4.78 is 35.1. The molecule has 3 heterocycles. The average Bonchev–Trinajstić information content (AvgIpc) is 3.39. The van der Waals surface area contributed by atoms with E-state index in [-0.39, 0.29) is 17.8 Å². The van der Waals surface area contributed by atoms with Crippen LogP contribution in [0.4, 0.5) is 0 Å². The van der Waals surface area contributed by atoms with Gasteiger partial charge >= 0.3 is 5.97 Å². The van der Waals surface area contributed by atoms with Crippen molar-refractivity contribution in [3.05, 3.63) is 76.9 Å². The van der Waals surface area contributed by atoms with E-state index in [1.165, 1.54) is 0 Å². The lowest BCUT2D eigenvalue weighted by molar-refractivity contribution is -0.271. The predicted octanol–water partition coefficient (Wildman–Crippen LogP) is 2.37. The molecular formula is C31H32O11. The van der Waals surface area contributed by atoms with Crippen LogP contribution in [0.2, 0.25) is 0 Å². The van der Waals surface area contributed by atoms with Crippen molar-refractivity contribution in [2.75, 3.05) is 20.8 Å². The summed E-state index contributed by atoms with van der Waals surface area (Å²) in [7, 11) is 3.13. The third-order valence-electron chi connectivity index (χ3n) is 8.04. The maximum Gasteiger partial charge on any atom is 0.335 e. The first-order chi connectivity index (χ1) is 20.3. The van der Waals surface area contributed by atoms with Crippen molar-refractivity contribution in [1.82, 2.24) is 0 Å². The monoisotopic (exact) mass is 580 g/mol. The van der Waals surface area contributed by atoms with Crippen LogP contribution in [0.25, 0.3) is 0 Å². The summed E-state index contributed by atoms with van der Waals surface area (Å²) in [6, 6.07) is 17.2. The lowest BCUT2D eigenvalue weighted by atomic mass is 9.87. The van der Waals surface area contributed by atoms with Crippen molar-refractivity contribution >= 4 is 5.97 Å². The molecular weight excluding hydrogens is 548 g/mol. The van der Waals surface area contributed by atoms with Crippen LogP contribution in [0.1, 0.15) is 34.3 Å². The molecule has 42 heavy (non-hydrogen) atoms. The summed E-state index contributed by atoms with van der Waals surface area (Å²) in [6.45, 7) is 0.317. The third-order valence-corrected chi connectivity index (χ3v) is 8.04. The fourth-order valence-electron chi connectivity index (χ4n) is 5.81. The van der Waals surface area contributed by atoms with Gasteiger partial charge in [-0.2, -0.15) is 0 Å². The lowest BCUT2D eigenvalue weighted by Gasteiger charge is -2.39. The highest BCUT2D eigenvalue weighted by molar-refractivity contribution is 5.73. The zero-order valence-electron chi connectivity index (χ0n) is 23.0. The van der Waals surface area contributed by atoms with Gasteiger partial charge < -0.3 is 48.8 Å². The Morgan fingerprint density at radius 2 is 1.69 bits per heavy atom. The first kappa shape index (κ1) is 28.1. The summed E-state index contributed by atoms with van der Waals surface area (Å²) >= 11 is 0. The Kier molecular flexibility index (Phi) is 7.58. The van der Waals surface area contributed by atoms with Gasteiger partial charge in [0, 0.05) is 17.2 Å². The molecule has 0 saturated carbocycles. The molecule has 0 amide bonds. The second-order valence-corrected chi connectivity index (χ2v) is 10.5. The van der Waals surface area contributed by atoms with Gasteiger partial charge in [0.15, 0.2) is 17.6 Å². The number of aryl methyl sites for hydroxylation is 2. The van der Waals surface area contributed by atoms with Gasteiger partial charge in [-0.05, 0) is 36.1 Å². The van der Waals surface area contributed by atoms with E-state index in [1.807, 2.05) is 48.5 Å². The minimum atomic E-state index is -1.82. The number of aliphatic carboxylic acids is 1. The van der Waals surface area contributed by atoms with Gasteiger partial charge in [-0.15, -0.1) is 0 Å². The first-order valence-electron chi connectivity index (χ1n) is 13.6. The standard InChI is InChI=1S/C31H32O11/c1-37-20-11-10-17-19-14-39-22-13-21(40-31-25(34)23(32)24(33)29(42-31)30(35)36)16(9-8-15-6-4-3-5-7-15)12-18(22)26(19)41-27(17)28(20)38-2/h3-7,10-13,19,23-26,29,31-34H,8-9,14H2,1-2H3,(H,35,36)/t19-,23-,24-,25+,26-,29-,31+/m0/s1. The highest BCUT2D eigenvalue weighted by Crippen LogP contribution is 2.56. The molecule has 3 aliphatic rings. The number of benzene rings is 3. The molecule has 0 radical (unpaired) electrons. The predicted molar refractivity (Wildman–Crippen MR) is 146 cm³/mol. The molecule has 1 saturated heterocycles. The molecule has 4 N–H and O–H groups in total. The second-order valence-electron chi connectivity index (χ2n) is 10.5. The number of ether oxygens (including phenoxy) is 6. The second kappa shape index (κ2) is 11.3. The van der Waals surface area contributed by atoms with Crippen LogP contribution >= 0.6 is 0 Å². The van der Waals surface area contributed by atoms with Crippen LogP contribution < -0.4 is 23.7 Å². The number of carbonyl (C=O) groups is 1. The number of aliphatic hydroxyl groups excluding tert-OH is 3. The molecule has 0 spiro atoms. The molecule has 0 bridgehead atoms. The van der Waals surface area contributed by atoms with E-state index in [0.717, 1.165) is 22.3 Å². The summed E-state index contributed by atoms with van der Waals surface area (Å²) in [5.74, 6) is 0.853. The number of rotatable bonds is 8. The van der Waals surface area contributed by atoms with Crippen LogP contribution in [-0.4, -0.2) is 77.9 Å². The molecule has 1 fully saturated rings. The topological polar surface area (TPSA) is 153 Å². The van der Waals surface area contributed by atoms with Gasteiger partial charge in [0.2, 0.25) is 12.0 Å². The number of fused-ring (bicyclic) bond motifs is 5. The molecule has 7 atom stereocenters. The number of carboxylic acids is 1. The van der Waals surface area contributed by atoms with Gasteiger partial charge in [-0.3, -0.25) is 0 Å². The van der Waals surface area contributed by atoms with Crippen molar-refractivity contribution < 1.29 is 53.6 Å². The van der Waals surface area contributed by atoms with E-state index in [9.17, 15) is 25.2 Å². The van der Waals surface area contributed by atoms with Crippen molar-refractivity contribution in [2.24, 2.45) is 0 Å². The molecule has 3 aromatic carbocycles. The zero-order valence-corrected chi connectivity index (χ0v) is 23.0. The summed E-state index contributed by atoms with van der Waals surface area (Å²) in [4.78, 5) is 11.6. The van der Waals surface area contributed by atoms with Gasteiger partial charge in [-0.25, -0.2) is 4.79 Å². The van der Waals surface area contributed by atoms with Crippen LogP contribution in [0.5, 0.6) is 28.7 Å². The molecule has 0 aromatic heterocycles. The Morgan fingerprint density at radius 1 is 0.905 bits per heavy atom. The van der Waals surface area contributed by atoms with Crippen LogP contribution in [0.15, 0.2) is 54.6 Å². The van der Waals surface area contributed by atoms with Gasteiger partial charge in [-0.1, -0.05) is 36.4 Å². The van der Waals surface area contributed by atoms with Crippen LogP contribution in [0.3, 0.4) is 0 Å². The molecule has 11 nitrogen and oxygen atoms in total. The average molecular weight is 581 g/mol. The van der Waals surface area contributed by atoms with E-state index in [4.69, 9.17) is 28.4 Å². The van der Waals surface area contributed by atoms with Crippen molar-refractivity contribution in [3.63, 3.8) is 0 Å². The van der Waals surface area contributed by atoms with Gasteiger partial charge in [0.05, 0.1) is 26.7 Å². The van der Waals surface area contributed by atoms with Crippen molar-refractivity contribution in [2.45, 2.75) is 55.6 Å². The summed E-state index contributed by atoms with van der Waals surface area (Å²) in [6.07, 6.45) is -7.85. The maximum atomic E-state index is 11.6. The number of carboxylic acid groups (broad SMARTS) is 1. The molecule has 3 aliphatic heterocycles. The maximum absolute atomic E-state index is 11.6. The van der Waals surface area contributed by atoms with Crippen molar-refractivity contribution in [3.8, 4) is 28.7 Å². The number of hydrogen-bond acceptors (Lipinski definition) is 10. The highest BCUT2D eigenvalue weighted by Gasteiger charge is 2.49. The number of aliphatic hydroxyl groups is 3. The quantitative estimate of drug-likeness (QED) is 0.311. The lowest BCUT2D eigenvalue weighted by Crippen LogP contribution is -2.61. The Hall–Kier alpha value is -4.03. The SMILES string of the molecule is COc1ccc2c(c1OC)O[C@H]1c3cc(CCc4ccccc4)c(O[C@@H]4O[C@H](C(=O)O)[C@@H](O)[C@H](O)[C@H]4O)cc3OC[C@@H]21. The third kappa shape index (κ3) is 4.88. The van der Waals surface area contributed by atoms with Crippen molar-refractivity contribution in [1.29, 1.82) is 0 Å². The molecule has 0 unspecified atom stereocenters. The molecule has 11 heteroatoms. The minimum absolute atomic E-state index is 0.0995. The summed E-state index contributed by atoms with van der Waals surface area (Å²) in [5, 5.41) is 40.5. The fraction of sp³-hybridized carbons (Fsp3) is 0.387. The minimum Gasteiger partial charge on any atom is -0.493 e. The van der Waals surface area contributed by atoms with Crippen LogP contribution in [-0.2, 0) is 22.4 Å². The van der Waals surface area contributed by atoms with Gasteiger partial charge in [0.25, 0.3) is 0 Å². The Morgan fingerprint density at radius 3 is 2.40 bits per heavy atom. The smallest absolute Gasteiger partial charge is 0.335 e. The van der Waals surface area contributed by atoms with Gasteiger partial charge in [0.1, 0.15) is 35.9 Å². The number of hydrogen-bond donors (Lipinski definition) is 4. The normalized spacial score (nSPS) is 27.5. The first-order valence-corrected chi connectivity index (χ1v) is 13.6. The molecule has 6 rings (SSSR count). The van der Waals surface area contributed by atoms with E-state index in [0.29, 0.717) is 42.4 Å². The van der Waals surface area contributed by atoms with E-state index in [1.54, 1.807) is 20.3 Å². The van der Waals surface area contributed by atoms with E-state index >= 15 is 0 Å². The van der Waals surface area contributed by atoms with E-state index < -0.39 is 36.7 Å². The Balaban J connectivity index is 1.36. The summed E-state index contributed by atoms with van der Waals surface area (Å²) in [5.41, 5.74) is 3.56. The molecule has 3 aromatic rings. The van der Waals surface area contributed by atoms with Crippen LogP contribution in [0, 0.1) is 0 Å². The number of methoxy groups -OCH3 is 2. The molecule has 0 aliphatic carbocycles. The Labute approximate surface area is 241 Å². The molecule has 222 valence electrons. The highest BCUT2D eigenvalue weighted by atomic mass is 16.7. The fourth-order valence-corrected chi connectivity index (χ4v) is 5.81. The largest absolute Gasteiger partial charge is 0.493 e. The Bertz CT molecular complexity index is 1460. The van der Waals surface area contributed by atoms with E-state index in [2.05, 4.69) is 0 Å². The zero-order chi connectivity index (χ0) is 29.5.